The van der Waals surface area contributed by atoms with Gasteiger partial charge in [0.25, 0.3) is 0 Å². The second-order valence-corrected chi connectivity index (χ2v) is 4.56. The summed E-state index contributed by atoms with van der Waals surface area (Å²) in [5.74, 6) is -0.228. The van der Waals surface area contributed by atoms with Crippen LogP contribution in [0.3, 0.4) is 0 Å². The molecule has 6 heteroatoms. The Balaban J connectivity index is 1.99. The lowest BCUT2D eigenvalue weighted by atomic mass is 10.2. The minimum atomic E-state index is -0.228. The molecule has 2 rings (SSSR count). The summed E-state index contributed by atoms with van der Waals surface area (Å²) in [7, 11) is 0. The van der Waals surface area contributed by atoms with Crippen molar-refractivity contribution in [1.82, 2.24) is 10.2 Å². The highest BCUT2D eigenvalue weighted by Crippen LogP contribution is 2.12. The Bertz CT molecular complexity index is 489. The van der Waals surface area contributed by atoms with Crippen molar-refractivity contribution in [2.24, 2.45) is 0 Å². The van der Waals surface area contributed by atoms with Gasteiger partial charge in [0.2, 0.25) is 5.13 Å². The van der Waals surface area contributed by atoms with Crippen LogP contribution < -0.4 is 5.32 Å². The van der Waals surface area contributed by atoms with Crippen LogP contribution in [0.2, 0.25) is 0 Å². The molecule has 0 saturated heterocycles. The number of hydrogen-bond donors (Lipinski definition) is 2. The maximum Gasteiger partial charge on any atom is 0.204 e. The van der Waals surface area contributed by atoms with Gasteiger partial charge in [-0.1, -0.05) is 23.5 Å². The maximum atomic E-state index is 12.6. The van der Waals surface area contributed by atoms with Crippen molar-refractivity contribution >= 4 is 28.7 Å². The molecule has 2 N–H and O–H groups in total. The topological polar surface area (TPSA) is 40.7 Å². The van der Waals surface area contributed by atoms with Crippen molar-refractivity contribution in [3.63, 3.8) is 0 Å². The molecule has 0 aliphatic rings. The average molecular weight is 241 g/mol. The molecule has 0 fully saturated rings. The van der Waals surface area contributed by atoms with Crippen LogP contribution >= 0.6 is 23.6 Å². The van der Waals surface area contributed by atoms with E-state index in [0.29, 0.717) is 10.5 Å². The van der Waals surface area contributed by atoms with Crippen molar-refractivity contribution in [2.45, 2.75) is 6.54 Å². The van der Waals surface area contributed by atoms with Gasteiger partial charge in [-0.2, -0.15) is 0 Å². The molecular formula is C9H8FN3S2. The third-order valence-corrected chi connectivity index (χ3v) is 2.84. The van der Waals surface area contributed by atoms with E-state index in [0.717, 1.165) is 10.7 Å². The molecule has 0 atom stereocenters. The Hall–Kier alpha value is -1.27. The predicted octanol–water partition coefficient (Wildman–Crippen LogP) is 2.95. The molecule has 0 amide bonds. The number of rotatable bonds is 3. The number of nitrogens with zero attached hydrogens (tertiary/aromatic N) is 1. The third kappa shape index (κ3) is 2.84. The van der Waals surface area contributed by atoms with Crippen LogP contribution in [0.15, 0.2) is 24.3 Å². The Labute approximate surface area is 95.0 Å². The van der Waals surface area contributed by atoms with E-state index < -0.39 is 0 Å². The smallest absolute Gasteiger partial charge is 0.204 e. The predicted molar refractivity (Wildman–Crippen MR) is 61.0 cm³/mol. The van der Waals surface area contributed by atoms with Gasteiger partial charge in [0.15, 0.2) is 3.95 Å². The molecular weight excluding hydrogens is 233 g/mol. The van der Waals surface area contributed by atoms with Gasteiger partial charge in [0.1, 0.15) is 5.82 Å². The molecule has 0 aliphatic heterocycles. The van der Waals surface area contributed by atoms with E-state index in [1.807, 2.05) is 0 Å². The molecule has 1 heterocycles. The van der Waals surface area contributed by atoms with E-state index in [1.165, 1.54) is 23.5 Å². The van der Waals surface area contributed by atoms with E-state index in [-0.39, 0.29) is 5.82 Å². The molecule has 3 nitrogen and oxygen atoms in total. The van der Waals surface area contributed by atoms with E-state index in [2.05, 4.69) is 15.5 Å². The van der Waals surface area contributed by atoms with Crippen LogP contribution in [0.1, 0.15) is 5.56 Å². The largest absolute Gasteiger partial charge is 0.356 e. The number of aromatic nitrogens is 2. The summed E-state index contributed by atoms with van der Waals surface area (Å²) in [6.07, 6.45) is 0. The Morgan fingerprint density at radius 2 is 2.13 bits per heavy atom. The number of benzene rings is 1. The molecule has 0 unspecified atom stereocenters. The molecule has 15 heavy (non-hydrogen) atoms. The van der Waals surface area contributed by atoms with E-state index in [9.17, 15) is 4.39 Å². The average Bonchev–Trinajstić information content (AvgIpc) is 2.64. The van der Waals surface area contributed by atoms with Gasteiger partial charge in [-0.3, -0.25) is 5.10 Å². The molecule has 1 aromatic heterocycles. The fraction of sp³-hybridized carbons (Fsp3) is 0.111. The monoisotopic (exact) mass is 241 g/mol. The van der Waals surface area contributed by atoms with Crippen LogP contribution in [-0.4, -0.2) is 10.2 Å². The first-order valence-corrected chi connectivity index (χ1v) is 5.50. The van der Waals surface area contributed by atoms with Gasteiger partial charge >= 0.3 is 0 Å². The second-order valence-electron chi connectivity index (χ2n) is 2.90. The summed E-state index contributed by atoms with van der Waals surface area (Å²) in [5.41, 5.74) is 0.998. The minimum absolute atomic E-state index is 0.228. The zero-order chi connectivity index (χ0) is 10.7. The van der Waals surface area contributed by atoms with E-state index in [4.69, 9.17) is 12.2 Å². The normalized spacial score (nSPS) is 10.2. The van der Waals surface area contributed by atoms with Gasteiger partial charge in [0.05, 0.1) is 0 Å². The van der Waals surface area contributed by atoms with Crippen LogP contribution in [0.5, 0.6) is 0 Å². The Morgan fingerprint density at radius 3 is 2.73 bits per heavy atom. The Morgan fingerprint density at radius 1 is 1.40 bits per heavy atom. The first-order chi connectivity index (χ1) is 7.24. The number of anilines is 1. The highest BCUT2D eigenvalue weighted by atomic mass is 32.1. The zero-order valence-corrected chi connectivity index (χ0v) is 9.29. The lowest BCUT2D eigenvalue weighted by Gasteiger charge is -2.01. The zero-order valence-electron chi connectivity index (χ0n) is 7.66. The van der Waals surface area contributed by atoms with Gasteiger partial charge in [-0.25, -0.2) is 4.39 Å². The van der Waals surface area contributed by atoms with Gasteiger partial charge < -0.3 is 5.32 Å². The molecule has 1 aromatic carbocycles. The fourth-order valence-electron chi connectivity index (χ4n) is 1.09. The SMILES string of the molecule is Fc1ccc(CNc2n[nH]c(=S)s2)cc1. The first kappa shape index (κ1) is 10.3. The number of aromatic amines is 1. The van der Waals surface area contributed by atoms with Crippen molar-refractivity contribution in [3.8, 4) is 0 Å². The summed E-state index contributed by atoms with van der Waals surface area (Å²) in [6.45, 7) is 0.608. The minimum Gasteiger partial charge on any atom is -0.356 e. The van der Waals surface area contributed by atoms with Crippen molar-refractivity contribution in [2.75, 3.05) is 5.32 Å². The number of nitrogens with one attached hydrogen (secondary N) is 2. The summed E-state index contributed by atoms with van der Waals surface area (Å²) in [6, 6.07) is 6.33. The lowest BCUT2D eigenvalue weighted by molar-refractivity contribution is 0.627. The molecule has 78 valence electrons. The fourth-order valence-corrected chi connectivity index (χ4v) is 1.87. The van der Waals surface area contributed by atoms with E-state index in [1.54, 1.807) is 12.1 Å². The molecule has 0 radical (unpaired) electrons. The summed E-state index contributed by atoms with van der Waals surface area (Å²) < 4.78 is 13.2. The molecule has 2 aromatic rings. The first-order valence-electron chi connectivity index (χ1n) is 4.28. The van der Waals surface area contributed by atoms with Crippen LogP contribution in [0.4, 0.5) is 9.52 Å². The molecule has 0 saturated carbocycles. The number of H-pyrrole nitrogens is 1. The van der Waals surface area contributed by atoms with Crippen molar-refractivity contribution < 1.29 is 4.39 Å². The maximum absolute atomic E-state index is 12.6. The standard InChI is InChI=1S/C9H8FN3S2/c10-7-3-1-6(2-4-7)5-11-8-12-13-9(14)15-8/h1-4H,5H2,(H,11,12)(H,13,14). The Kier molecular flexibility index (Phi) is 3.08. The molecule has 0 aliphatic carbocycles. The van der Waals surface area contributed by atoms with Crippen molar-refractivity contribution in [1.29, 1.82) is 0 Å². The quantitative estimate of drug-likeness (QED) is 0.812. The summed E-state index contributed by atoms with van der Waals surface area (Å²) in [5, 5.41) is 10.5. The summed E-state index contributed by atoms with van der Waals surface area (Å²) in [4.78, 5) is 0. The summed E-state index contributed by atoms with van der Waals surface area (Å²) >= 11 is 6.26. The third-order valence-electron chi connectivity index (χ3n) is 1.80. The van der Waals surface area contributed by atoms with Crippen LogP contribution in [0, 0.1) is 9.77 Å². The highest BCUT2D eigenvalue weighted by Gasteiger charge is 1.97. The van der Waals surface area contributed by atoms with Gasteiger partial charge in [0, 0.05) is 6.54 Å². The number of hydrogen-bond acceptors (Lipinski definition) is 4. The second kappa shape index (κ2) is 4.50. The number of halogens is 1. The lowest BCUT2D eigenvalue weighted by Crippen LogP contribution is -1.98. The van der Waals surface area contributed by atoms with Crippen LogP contribution in [0.25, 0.3) is 0 Å². The van der Waals surface area contributed by atoms with Gasteiger partial charge in [-0.15, -0.1) is 5.10 Å². The van der Waals surface area contributed by atoms with E-state index >= 15 is 0 Å². The molecule has 0 spiro atoms. The van der Waals surface area contributed by atoms with Crippen molar-refractivity contribution in [3.05, 3.63) is 39.6 Å². The van der Waals surface area contributed by atoms with Gasteiger partial charge in [-0.05, 0) is 29.9 Å². The van der Waals surface area contributed by atoms with Crippen LogP contribution in [-0.2, 0) is 6.54 Å². The molecule has 0 bridgehead atoms. The highest BCUT2D eigenvalue weighted by molar-refractivity contribution is 7.73.